The van der Waals surface area contributed by atoms with Crippen LogP contribution in [0, 0.1) is 5.82 Å². The average Bonchev–Trinajstić information content (AvgIpc) is 2.30. The van der Waals surface area contributed by atoms with E-state index in [4.69, 9.17) is 10.8 Å². The number of anilines is 1. The fourth-order valence-corrected chi connectivity index (χ4v) is 2.07. The summed E-state index contributed by atoms with van der Waals surface area (Å²) in [5.74, 6) is -2.13. The second kappa shape index (κ2) is 4.85. The maximum absolute atomic E-state index is 13.8. The van der Waals surface area contributed by atoms with Crippen molar-refractivity contribution in [1.29, 1.82) is 0 Å². The van der Waals surface area contributed by atoms with Gasteiger partial charge in [-0.1, -0.05) is 15.9 Å². The number of aromatic nitrogens is 1. The normalized spacial score (nSPS) is 10.4. The molecule has 2 aromatic rings. The zero-order valence-electron chi connectivity index (χ0n) is 9.41. The number of aromatic amines is 1. The zero-order chi connectivity index (χ0) is 14.2. The van der Waals surface area contributed by atoms with Crippen molar-refractivity contribution in [3.05, 3.63) is 50.5 Å². The monoisotopic (exact) mass is 326 g/mol. The molecule has 5 nitrogen and oxygen atoms in total. The lowest BCUT2D eigenvalue weighted by atomic mass is 10.0. The van der Waals surface area contributed by atoms with Crippen LogP contribution in [0.4, 0.5) is 10.2 Å². The van der Waals surface area contributed by atoms with Crippen molar-refractivity contribution in [3.8, 4) is 11.1 Å². The topological polar surface area (TPSA) is 96.2 Å². The van der Waals surface area contributed by atoms with E-state index in [0.29, 0.717) is 4.47 Å². The van der Waals surface area contributed by atoms with Gasteiger partial charge in [-0.2, -0.15) is 0 Å². The van der Waals surface area contributed by atoms with Gasteiger partial charge in [0.1, 0.15) is 17.2 Å². The first-order valence-electron chi connectivity index (χ1n) is 5.11. The second-order valence-corrected chi connectivity index (χ2v) is 4.69. The number of pyridine rings is 1. The number of H-pyrrole nitrogens is 1. The summed E-state index contributed by atoms with van der Waals surface area (Å²) in [4.78, 5) is 24.9. The average molecular weight is 327 g/mol. The van der Waals surface area contributed by atoms with Crippen LogP contribution in [0.1, 0.15) is 10.4 Å². The van der Waals surface area contributed by atoms with Gasteiger partial charge in [0.05, 0.1) is 0 Å². The highest BCUT2D eigenvalue weighted by atomic mass is 79.9. The Kier molecular flexibility index (Phi) is 3.39. The molecule has 0 amide bonds. The number of benzene rings is 1. The first-order chi connectivity index (χ1) is 8.90. The largest absolute Gasteiger partial charge is 0.477 e. The predicted molar refractivity (Wildman–Crippen MR) is 71.5 cm³/mol. The molecule has 0 unspecified atom stereocenters. The molecule has 0 aliphatic heterocycles. The highest BCUT2D eigenvalue weighted by molar-refractivity contribution is 9.10. The van der Waals surface area contributed by atoms with E-state index in [-0.39, 0.29) is 16.9 Å². The van der Waals surface area contributed by atoms with Gasteiger partial charge in [-0.15, -0.1) is 0 Å². The molecular formula is C12H8BrFN2O3. The quantitative estimate of drug-likeness (QED) is 0.788. The maximum atomic E-state index is 13.8. The number of carbonyl (C=O) groups is 1. The Morgan fingerprint density at radius 3 is 2.63 bits per heavy atom. The van der Waals surface area contributed by atoms with Crippen molar-refractivity contribution in [2.75, 3.05) is 5.73 Å². The number of nitrogens with one attached hydrogen (secondary N) is 1. The van der Waals surface area contributed by atoms with Crippen LogP contribution >= 0.6 is 15.9 Å². The van der Waals surface area contributed by atoms with E-state index in [1.54, 1.807) is 0 Å². The van der Waals surface area contributed by atoms with Gasteiger partial charge in [-0.25, -0.2) is 9.18 Å². The standard InChI is InChI=1S/C12H8BrFN2O3/c13-5-1-2-8(14)6(3-5)7-4-9(15)16-11(17)10(7)12(18)19/h1-4H,(H,18,19)(H3,15,16,17). The lowest BCUT2D eigenvalue weighted by molar-refractivity contribution is 0.0696. The van der Waals surface area contributed by atoms with E-state index >= 15 is 0 Å². The third-order valence-electron chi connectivity index (χ3n) is 2.49. The zero-order valence-corrected chi connectivity index (χ0v) is 11.0. The molecule has 1 aromatic heterocycles. The molecule has 0 bridgehead atoms. The van der Waals surface area contributed by atoms with E-state index in [1.807, 2.05) is 0 Å². The Bertz CT molecular complexity index is 727. The molecule has 0 aliphatic rings. The summed E-state index contributed by atoms with van der Waals surface area (Å²) in [5, 5.41) is 9.06. The van der Waals surface area contributed by atoms with Crippen molar-refractivity contribution < 1.29 is 14.3 Å². The minimum absolute atomic E-state index is 0.00965. The summed E-state index contributed by atoms with van der Waals surface area (Å²) in [7, 11) is 0. The maximum Gasteiger partial charge on any atom is 0.341 e. The minimum atomic E-state index is -1.45. The SMILES string of the molecule is Nc1cc(-c2cc(Br)ccc2F)c(C(=O)O)c(=O)[nH]1. The molecule has 0 fully saturated rings. The predicted octanol–water partition coefficient (Wildman–Crippen LogP) is 2.22. The van der Waals surface area contributed by atoms with E-state index in [2.05, 4.69) is 20.9 Å². The van der Waals surface area contributed by atoms with Crippen molar-refractivity contribution in [1.82, 2.24) is 4.98 Å². The molecule has 4 N–H and O–H groups in total. The van der Waals surface area contributed by atoms with Crippen molar-refractivity contribution >= 4 is 27.7 Å². The molecule has 2 rings (SSSR count). The summed E-state index contributed by atoms with van der Waals surface area (Å²) in [6, 6.07) is 5.24. The van der Waals surface area contributed by atoms with Gasteiger partial charge in [0.15, 0.2) is 0 Å². The molecule has 0 aliphatic carbocycles. The Morgan fingerprint density at radius 2 is 2.00 bits per heavy atom. The molecular weight excluding hydrogens is 319 g/mol. The molecule has 19 heavy (non-hydrogen) atoms. The second-order valence-electron chi connectivity index (χ2n) is 3.77. The van der Waals surface area contributed by atoms with Crippen molar-refractivity contribution in [2.45, 2.75) is 0 Å². The minimum Gasteiger partial charge on any atom is -0.477 e. The molecule has 0 saturated carbocycles. The summed E-state index contributed by atoms with van der Waals surface area (Å²) < 4.78 is 14.4. The van der Waals surface area contributed by atoms with Gasteiger partial charge in [0, 0.05) is 15.6 Å². The number of aromatic carboxylic acids is 1. The number of halogens is 2. The fraction of sp³-hybridized carbons (Fsp3) is 0. The first-order valence-corrected chi connectivity index (χ1v) is 5.91. The Morgan fingerprint density at radius 1 is 1.32 bits per heavy atom. The number of nitrogen functional groups attached to an aromatic ring is 1. The van der Waals surface area contributed by atoms with E-state index < -0.39 is 22.9 Å². The summed E-state index contributed by atoms with van der Waals surface area (Å²) in [5.41, 5.74) is 3.98. The van der Waals surface area contributed by atoms with Crippen LogP contribution in [0.25, 0.3) is 11.1 Å². The number of nitrogens with two attached hydrogens (primary N) is 1. The third kappa shape index (κ3) is 2.50. The van der Waals surface area contributed by atoms with Crippen LogP contribution in [0.5, 0.6) is 0 Å². The molecule has 0 radical (unpaired) electrons. The number of hydrogen-bond acceptors (Lipinski definition) is 3. The number of hydrogen-bond donors (Lipinski definition) is 3. The van der Waals surface area contributed by atoms with Gasteiger partial charge in [0.2, 0.25) is 0 Å². The van der Waals surface area contributed by atoms with Crippen molar-refractivity contribution in [3.63, 3.8) is 0 Å². The molecule has 98 valence electrons. The lowest BCUT2D eigenvalue weighted by Crippen LogP contribution is -2.20. The Balaban J connectivity index is 2.85. The van der Waals surface area contributed by atoms with Gasteiger partial charge in [-0.05, 0) is 24.3 Å². The van der Waals surface area contributed by atoms with Crippen LogP contribution in [0.2, 0.25) is 0 Å². The summed E-state index contributed by atoms with van der Waals surface area (Å²) in [6.45, 7) is 0. The van der Waals surface area contributed by atoms with Crippen LogP contribution in [0.15, 0.2) is 33.5 Å². The smallest absolute Gasteiger partial charge is 0.341 e. The first kappa shape index (κ1) is 13.3. The Labute approximate surface area is 115 Å². The molecule has 0 saturated heterocycles. The summed E-state index contributed by atoms with van der Waals surface area (Å²) >= 11 is 3.16. The van der Waals surface area contributed by atoms with Gasteiger partial charge in [-0.3, -0.25) is 4.79 Å². The molecule has 0 atom stereocenters. The van der Waals surface area contributed by atoms with E-state index in [0.717, 1.165) is 0 Å². The molecule has 0 spiro atoms. The third-order valence-corrected chi connectivity index (χ3v) is 2.98. The highest BCUT2D eigenvalue weighted by Gasteiger charge is 2.19. The van der Waals surface area contributed by atoms with Crippen LogP contribution in [0.3, 0.4) is 0 Å². The number of carboxylic acid groups (broad SMARTS) is 1. The Hall–Kier alpha value is -2.15. The van der Waals surface area contributed by atoms with Crippen LogP contribution < -0.4 is 11.3 Å². The highest BCUT2D eigenvalue weighted by Crippen LogP contribution is 2.28. The molecule has 1 heterocycles. The fourth-order valence-electron chi connectivity index (χ4n) is 1.71. The lowest BCUT2D eigenvalue weighted by Gasteiger charge is -2.08. The van der Waals surface area contributed by atoms with Gasteiger partial charge < -0.3 is 15.8 Å². The van der Waals surface area contributed by atoms with Gasteiger partial charge >= 0.3 is 5.97 Å². The van der Waals surface area contributed by atoms with Crippen LogP contribution in [-0.2, 0) is 0 Å². The number of rotatable bonds is 2. The number of carboxylic acids is 1. The summed E-state index contributed by atoms with van der Waals surface area (Å²) in [6.07, 6.45) is 0. The molecule has 1 aromatic carbocycles. The van der Waals surface area contributed by atoms with E-state index in [1.165, 1.54) is 24.3 Å². The van der Waals surface area contributed by atoms with Gasteiger partial charge in [0.25, 0.3) is 5.56 Å². The molecule has 7 heteroatoms. The van der Waals surface area contributed by atoms with Crippen molar-refractivity contribution in [2.24, 2.45) is 0 Å². The van der Waals surface area contributed by atoms with Crippen LogP contribution in [-0.4, -0.2) is 16.1 Å². The van der Waals surface area contributed by atoms with E-state index in [9.17, 15) is 14.0 Å².